The summed E-state index contributed by atoms with van der Waals surface area (Å²) in [6, 6.07) is 0.232. The number of rotatable bonds is 5. The number of amides is 1. The van der Waals surface area contributed by atoms with E-state index in [-0.39, 0.29) is 47.4 Å². The number of guanidine groups is 1. The molecule has 146 valence electrons. The molecule has 0 bridgehead atoms. The zero-order valence-electron chi connectivity index (χ0n) is 15.2. The minimum atomic E-state index is -2.92. The SMILES string of the molecule is CCNC(=NCCC(=O)N1CCCCC1C)NC1CCS(=O)(=O)C1.I. The van der Waals surface area contributed by atoms with Crippen molar-refractivity contribution in [2.24, 2.45) is 4.99 Å². The highest BCUT2D eigenvalue weighted by atomic mass is 127. The Morgan fingerprint density at radius 2 is 2.04 bits per heavy atom. The normalized spacial score (nSPS) is 26.0. The maximum absolute atomic E-state index is 12.3. The van der Waals surface area contributed by atoms with Crippen LogP contribution in [0.3, 0.4) is 0 Å². The zero-order valence-corrected chi connectivity index (χ0v) is 18.3. The van der Waals surface area contributed by atoms with E-state index in [2.05, 4.69) is 22.5 Å². The molecule has 0 radical (unpaired) electrons. The minimum Gasteiger partial charge on any atom is -0.357 e. The van der Waals surface area contributed by atoms with E-state index in [1.165, 1.54) is 6.42 Å². The predicted molar refractivity (Wildman–Crippen MR) is 111 cm³/mol. The van der Waals surface area contributed by atoms with Crippen molar-refractivity contribution in [3.8, 4) is 0 Å². The lowest BCUT2D eigenvalue weighted by atomic mass is 10.0. The predicted octanol–water partition coefficient (Wildman–Crippen LogP) is 1.14. The van der Waals surface area contributed by atoms with Gasteiger partial charge in [-0.3, -0.25) is 9.79 Å². The van der Waals surface area contributed by atoms with Gasteiger partial charge in [0, 0.05) is 31.6 Å². The lowest BCUT2D eigenvalue weighted by molar-refractivity contribution is -0.134. The largest absolute Gasteiger partial charge is 0.357 e. The highest BCUT2D eigenvalue weighted by Crippen LogP contribution is 2.17. The fourth-order valence-corrected chi connectivity index (χ4v) is 4.97. The molecule has 0 spiro atoms. The monoisotopic (exact) mass is 486 g/mol. The molecule has 0 aliphatic carbocycles. The van der Waals surface area contributed by atoms with Gasteiger partial charge in [-0.25, -0.2) is 8.42 Å². The summed E-state index contributed by atoms with van der Waals surface area (Å²) in [6.07, 6.45) is 4.36. The van der Waals surface area contributed by atoms with E-state index in [4.69, 9.17) is 0 Å². The van der Waals surface area contributed by atoms with Crippen LogP contribution in [0, 0.1) is 0 Å². The first-order valence-electron chi connectivity index (χ1n) is 8.96. The molecule has 2 aliphatic rings. The Morgan fingerprint density at radius 1 is 1.28 bits per heavy atom. The molecule has 0 aromatic heterocycles. The first kappa shape index (κ1) is 22.5. The van der Waals surface area contributed by atoms with Gasteiger partial charge in [-0.15, -0.1) is 24.0 Å². The molecule has 0 aromatic rings. The lowest BCUT2D eigenvalue weighted by Crippen LogP contribution is -2.44. The highest BCUT2D eigenvalue weighted by molar-refractivity contribution is 14.0. The number of nitrogens with zero attached hydrogens (tertiary/aromatic N) is 2. The summed E-state index contributed by atoms with van der Waals surface area (Å²) in [5.74, 6) is 1.14. The molecule has 2 aliphatic heterocycles. The Bertz CT molecular complexity index is 568. The second kappa shape index (κ2) is 10.5. The Kier molecular flexibility index (Phi) is 9.47. The number of hydrogen-bond acceptors (Lipinski definition) is 4. The van der Waals surface area contributed by atoms with E-state index in [9.17, 15) is 13.2 Å². The van der Waals surface area contributed by atoms with Crippen LogP contribution in [0.1, 0.15) is 46.0 Å². The van der Waals surface area contributed by atoms with Crippen LogP contribution in [0.4, 0.5) is 0 Å². The lowest BCUT2D eigenvalue weighted by Gasteiger charge is -2.33. The molecule has 25 heavy (non-hydrogen) atoms. The average molecular weight is 486 g/mol. The van der Waals surface area contributed by atoms with Crippen molar-refractivity contribution in [1.82, 2.24) is 15.5 Å². The number of halogens is 1. The standard InChI is InChI=1S/C16H30N4O3S.HI/c1-3-17-16(19-14-8-11-24(22,23)12-14)18-9-7-15(21)20-10-5-4-6-13(20)2;/h13-14H,3-12H2,1-2H3,(H2,17,18,19);1H. The maximum Gasteiger partial charge on any atom is 0.224 e. The number of hydrogen-bond donors (Lipinski definition) is 2. The first-order valence-corrected chi connectivity index (χ1v) is 10.8. The molecule has 0 aromatic carbocycles. The van der Waals surface area contributed by atoms with Crippen molar-refractivity contribution in [2.45, 2.75) is 58.0 Å². The van der Waals surface area contributed by atoms with Crippen LogP contribution in [0.2, 0.25) is 0 Å². The third-order valence-electron chi connectivity index (χ3n) is 4.64. The van der Waals surface area contributed by atoms with Gasteiger partial charge in [0.05, 0.1) is 18.1 Å². The summed E-state index contributed by atoms with van der Waals surface area (Å²) >= 11 is 0. The van der Waals surface area contributed by atoms with Gasteiger partial charge < -0.3 is 15.5 Å². The van der Waals surface area contributed by atoms with E-state index in [1.807, 2.05) is 11.8 Å². The molecule has 2 fully saturated rings. The van der Waals surface area contributed by atoms with E-state index >= 15 is 0 Å². The fraction of sp³-hybridized carbons (Fsp3) is 0.875. The highest BCUT2D eigenvalue weighted by Gasteiger charge is 2.28. The summed E-state index contributed by atoms with van der Waals surface area (Å²) in [7, 11) is -2.92. The number of sulfone groups is 1. The summed E-state index contributed by atoms with van der Waals surface area (Å²) in [5.41, 5.74) is 0. The third-order valence-corrected chi connectivity index (χ3v) is 6.40. The summed E-state index contributed by atoms with van der Waals surface area (Å²) in [6.45, 7) is 6.02. The number of carbonyl (C=O) groups excluding carboxylic acids is 1. The first-order chi connectivity index (χ1) is 11.4. The van der Waals surface area contributed by atoms with Crippen LogP contribution in [0.25, 0.3) is 0 Å². The van der Waals surface area contributed by atoms with Crippen molar-refractivity contribution in [3.63, 3.8) is 0 Å². The van der Waals surface area contributed by atoms with Crippen LogP contribution in [0.5, 0.6) is 0 Å². The second-order valence-corrected chi connectivity index (χ2v) is 8.92. The van der Waals surface area contributed by atoms with Gasteiger partial charge in [-0.05, 0) is 39.5 Å². The molecule has 2 heterocycles. The minimum absolute atomic E-state index is 0. The van der Waals surface area contributed by atoms with Crippen LogP contribution < -0.4 is 10.6 Å². The number of nitrogens with one attached hydrogen (secondary N) is 2. The molecule has 7 nitrogen and oxygen atoms in total. The maximum atomic E-state index is 12.3. The van der Waals surface area contributed by atoms with Crippen LogP contribution in [-0.2, 0) is 14.6 Å². The second-order valence-electron chi connectivity index (χ2n) is 6.69. The van der Waals surface area contributed by atoms with Gasteiger partial charge in [-0.1, -0.05) is 0 Å². The third kappa shape index (κ3) is 7.28. The van der Waals surface area contributed by atoms with Crippen molar-refractivity contribution < 1.29 is 13.2 Å². The van der Waals surface area contributed by atoms with Gasteiger partial charge in [0.1, 0.15) is 0 Å². The number of carbonyl (C=O) groups is 1. The summed E-state index contributed by atoms with van der Waals surface area (Å²) < 4.78 is 23.1. The van der Waals surface area contributed by atoms with Crippen LogP contribution in [-0.4, -0.2) is 68.4 Å². The molecule has 2 rings (SSSR count). The van der Waals surface area contributed by atoms with Crippen LogP contribution >= 0.6 is 24.0 Å². The number of aliphatic imine (C=N–C) groups is 1. The van der Waals surface area contributed by atoms with E-state index in [0.717, 1.165) is 19.4 Å². The van der Waals surface area contributed by atoms with Crippen molar-refractivity contribution >= 4 is 45.7 Å². The van der Waals surface area contributed by atoms with E-state index in [0.29, 0.717) is 37.9 Å². The Morgan fingerprint density at radius 3 is 2.64 bits per heavy atom. The van der Waals surface area contributed by atoms with Gasteiger partial charge >= 0.3 is 0 Å². The molecule has 2 atom stereocenters. The van der Waals surface area contributed by atoms with Crippen molar-refractivity contribution in [2.75, 3.05) is 31.1 Å². The van der Waals surface area contributed by atoms with Crippen LogP contribution in [0.15, 0.2) is 4.99 Å². The molecular weight excluding hydrogens is 455 g/mol. The Labute approximate surface area is 168 Å². The topological polar surface area (TPSA) is 90.9 Å². The molecule has 9 heteroatoms. The smallest absolute Gasteiger partial charge is 0.224 e. The summed E-state index contributed by atoms with van der Waals surface area (Å²) in [5, 5.41) is 6.29. The van der Waals surface area contributed by atoms with Crippen molar-refractivity contribution in [3.05, 3.63) is 0 Å². The number of piperidine rings is 1. The van der Waals surface area contributed by atoms with E-state index < -0.39 is 9.84 Å². The molecule has 1 amide bonds. The molecule has 2 saturated heterocycles. The van der Waals surface area contributed by atoms with Crippen molar-refractivity contribution in [1.29, 1.82) is 0 Å². The van der Waals surface area contributed by atoms with E-state index in [1.54, 1.807) is 0 Å². The van der Waals surface area contributed by atoms with Gasteiger partial charge in [0.15, 0.2) is 15.8 Å². The van der Waals surface area contributed by atoms with Gasteiger partial charge in [-0.2, -0.15) is 0 Å². The zero-order chi connectivity index (χ0) is 17.6. The molecule has 2 N–H and O–H groups in total. The molecule has 0 saturated carbocycles. The average Bonchev–Trinajstić information content (AvgIpc) is 2.86. The molecule has 2 unspecified atom stereocenters. The Balaban J connectivity index is 0.00000312. The number of likely N-dealkylation sites (tertiary alicyclic amines) is 1. The summed E-state index contributed by atoms with van der Waals surface area (Å²) in [4.78, 5) is 18.7. The molecular formula is C16H31IN4O3S. The van der Waals surface area contributed by atoms with Gasteiger partial charge in [0.2, 0.25) is 5.91 Å². The Hall–Kier alpha value is -0.580. The fourth-order valence-electron chi connectivity index (χ4n) is 3.30. The quantitative estimate of drug-likeness (QED) is 0.346. The van der Waals surface area contributed by atoms with Gasteiger partial charge in [0.25, 0.3) is 0 Å².